The molecule has 4 heteroatoms. The number of carbonyl (C=O) groups excluding carboxylic acids is 1. The van der Waals surface area contributed by atoms with E-state index in [-0.39, 0.29) is 11.7 Å². The minimum absolute atomic E-state index is 0.0133. The first kappa shape index (κ1) is 9.56. The summed E-state index contributed by atoms with van der Waals surface area (Å²) in [4.78, 5) is 14.2. The first-order valence-electron chi connectivity index (χ1n) is 4.08. The molecule has 0 spiro atoms. The Kier molecular flexibility index (Phi) is 2.48. The van der Waals surface area contributed by atoms with E-state index in [1.54, 1.807) is 18.2 Å². The highest BCUT2D eigenvalue weighted by molar-refractivity contribution is 6.31. The maximum absolute atomic E-state index is 11.3. The van der Waals surface area contributed by atoms with Crippen molar-refractivity contribution in [1.29, 1.82) is 0 Å². The third-order valence-electron chi connectivity index (χ3n) is 2.01. The summed E-state index contributed by atoms with van der Waals surface area (Å²) in [5.41, 5.74) is 1.38. The first-order chi connectivity index (χ1) is 6.70. The number of halogens is 2. The zero-order valence-electron chi connectivity index (χ0n) is 7.18. The molecule has 1 aromatic carbocycles. The number of hydrogen-bond donors (Lipinski definition) is 1. The number of rotatable bonds is 2. The molecule has 0 aliphatic heterocycles. The van der Waals surface area contributed by atoms with Crippen molar-refractivity contribution in [2.24, 2.45) is 0 Å². The molecule has 2 nitrogen and oxygen atoms in total. The Morgan fingerprint density at radius 2 is 2.14 bits per heavy atom. The van der Waals surface area contributed by atoms with Gasteiger partial charge < -0.3 is 4.98 Å². The predicted octanol–water partition coefficient (Wildman–Crippen LogP) is 3.24. The molecule has 14 heavy (non-hydrogen) atoms. The van der Waals surface area contributed by atoms with Gasteiger partial charge >= 0.3 is 0 Å². The number of aromatic nitrogens is 1. The van der Waals surface area contributed by atoms with Gasteiger partial charge in [-0.3, -0.25) is 4.79 Å². The van der Waals surface area contributed by atoms with Crippen LogP contribution >= 0.6 is 23.2 Å². The van der Waals surface area contributed by atoms with E-state index in [1.165, 1.54) is 0 Å². The molecule has 0 amide bonds. The van der Waals surface area contributed by atoms with Gasteiger partial charge in [-0.2, -0.15) is 0 Å². The average molecular weight is 228 g/mol. The molecule has 0 radical (unpaired) electrons. The fourth-order valence-corrected chi connectivity index (χ4v) is 1.64. The topological polar surface area (TPSA) is 32.9 Å². The van der Waals surface area contributed by atoms with E-state index in [0.29, 0.717) is 10.7 Å². The normalized spacial score (nSPS) is 10.7. The van der Waals surface area contributed by atoms with E-state index < -0.39 is 0 Å². The monoisotopic (exact) mass is 227 g/mol. The second kappa shape index (κ2) is 3.64. The fraction of sp³-hybridized carbons (Fsp3) is 0.100. The molecule has 0 fully saturated rings. The van der Waals surface area contributed by atoms with Crippen LogP contribution in [-0.2, 0) is 0 Å². The molecule has 0 aliphatic carbocycles. The molecule has 0 saturated carbocycles. The van der Waals surface area contributed by atoms with E-state index in [4.69, 9.17) is 23.2 Å². The van der Waals surface area contributed by atoms with Crippen LogP contribution in [0.3, 0.4) is 0 Å². The molecule has 0 bridgehead atoms. The molecule has 0 saturated heterocycles. The minimum atomic E-state index is -0.112. The van der Waals surface area contributed by atoms with Crippen molar-refractivity contribution in [2.75, 3.05) is 5.88 Å². The summed E-state index contributed by atoms with van der Waals surface area (Å²) >= 11 is 11.3. The largest absolute Gasteiger partial charge is 0.352 e. The molecular weight excluding hydrogens is 221 g/mol. The Bertz CT molecular complexity index is 490. The van der Waals surface area contributed by atoms with Gasteiger partial charge in [-0.15, -0.1) is 11.6 Å². The lowest BCUT2D eigenvalue weighted by Crippen LogP contribution is -1.99. The quantitative estimate of drug-likeness (QED) is 0.621. The summed E-state index contributed by atoms with van der Waals surface area (Å²) in [7, 11) is 0. The molecule has 0 unspecified atom stereocenters. The number of alkyl halides is 1. The predicted molar refractivity (Wildman–Crippen MR) is 58.4 cm³/mol. The van der Waals surface area contributed by atoms with Crippen molar-refractivity contribution in [3.05, 3.63) is 35.0 Å². The standard InChI is InChI=1S/C10H7Cl2NO/c11-5-10(14)9-3-6-1-2-7(12)4-8(6)13-9/h1-4,13H,5H2. The number of H-pyrrole nitrogens is 1. The third kappa shape index (κ3) is 1.63. The Morgan fingerprint density at radius 1 is 1.36 bits per heavy atom. The highest BCUT2D eigenvalue weighted by atomic mass is 35.5. The average Bonchev–Trinajstić information content (AvgIpc) is 2.59. The van der Waals surface area contributed by atoms with Crippen molar-refractivity contribution in [3.8, 4) is 0 Å². The van der Waals surface area contributed by atoms with E-state index >= 15 is 0 Å². The van der Waals surface area contributed by atoms with Crippen LogP contribution in [0.2, 0.25) is 5.02 Å². The summed E-state index contributed by atoms with van der Waals surface area (Å²) in [5.74, 6) is -0.125. The third-order valence-corrected chi connectivity index (χ3v) is 2.48. The highest BCUT2D eigenvalue weighted by Gasteiger charge is 2.07. The highest BCUT2D eigenvalue weighted by Crippen LogP contribution is 2.20. The van der Waals surface area contributed by atoms with Gasteiger partial charge in [-0.25, -0.2) is 0 Å². The van der Waals surface area contributed by atoms with Gasteiger partial charge in [0.25, 0.3) is 0 Å². The zero-order chi connectivity index (χ0) is 10.1. The second-order valence-corrected chi connectivity index (χ2v) is 3.68. The van der Waals surface area contributed by atoms with E-state index in [0.717, 1.165) is 10.9 Å². The van der Waals surface area contributed by atoms with E-state index in [9.17, 15) is 4.79 Å². The lowest BCUT2D eigenvalue weighted by atomic mass is 10.2. The van der Waals surface area contributed by atoms with Crippen LogP contribution in [0.15, 0.2) is 24.3 Å². The minimum Gasteiger partial charge on any atom is -0.352 e. The van der Waals surface area contributed by atoms with Crippen molar-refractivity contribution in [1.82, 2.24) is 4.98 Å². The molecule has 1 N–H and O–H groups in total. The molecule has 0 aliphatic rings. The number of benzene rings is 1. The number of hydrogen-bond acceptors (Lipinski definition) is 1. The number of fused-ring (bicyclic) bond motifs is 1. The van der Waals surface area contributed by atoms with Gasteiger partial charge in [0.1, 0.15) is 0 Å². The number of Topliss-reactive ketones (excluding diaryl/α,β-unsaturated/α-hetero) is 1. The van der Waals surface area contributed by atoms with Crippen LogP contribution in [0.5, 0.6) is 0 Å². The zero-order valence-corrected chi connectivity index (χ0v) is 8.69. The van der Waals surface area contributed by atoms with Crippen LogP contribution in [0.1, 0.15) is 10.5 Å². The number of carbonyl (C=O) groups is 1. The van der Waals surface area contributed by atoms with E-state index in [2.05, 4.69) is 4.98 Å². The Balaban J connectivity index is 2.56. The number of ketones is 1. The summed E-state index contributed by atoms with van der Waals surface area (Å²) in [6.07, 6.45) is 0. The van der Waals surface area contributed by atoms with Gasteiger partial charge in [0.15, 0.2) is 5.78 Å². The van der Waals surface area contributed by atoms with Crippen LogP contribution in [0.4, 0.5) is 0 Å². The van der Waals surface area contributed by atoms with Gasteiger partial charge in [0, 0.05) is 15.9 Å². The smallest absolute Gasteiger partial charge is 0.193 e. The fourth-order valence-electron chi connectivity index (χ4n) is 1.32. The lowest BCUT2D eigenvalue weighted by Gasteiger charge is -1.89. The Morgan fingerprint density at radius 3 is 2.86 bits per heavy atom. The molecule has 2 rings (SSSR count). The van der Waals surface area contributed by atoms with Crippen molar-refractivity contribution in [2.45, 2.75) is 0 Å². The Hall–Kier alpha value is -0.990. The summed E-state index contributed by atoms with van der Waals surface area (Å²) < 4.78 is 0. The second-order valence-electron chi connectivity index (χ2n) is 2.97. The molecule has 72 valence electrons. The van der Waals surface area contributed by atoms with Crippen molar-refractivity contribution >= 4 is 39.9 Å². The van der Waals surface area contributed by atoms with Gasteiger partial charge in [0.05, 0.1) is 11.6 Å². The molecular formula is C10H7Cl2NO. The van der Waals surface area contributed by atoms with Gasteiger partial charge in [-0.1, -0.05) is 17.7 Å². The lowest BCUT2D eigenvalue weighted by molar-refractivity contribution is 0.101. The molecule has 2 aromatic rings. The van der Waals surface area contributed by atoms with E-state index in [1.807, 2.05) is 6.07 Å². The molecule has 1 heterocycles. The summed E-state index contributed by atoms with van der Waals surface area (Å²) in [5, 5.41) is 1.60. The number of nitrogens with one attached hydrogen (secondary N) is 1. The van der Waals surface area contributed by atoms with Crippen molar-refractivity contribution in [3.63, 3.8) is 0 Å². The van der Waals surface area contributed by atoms with Crippen LogP contribution in [0.25, 0.3) is 10.9 Å². The van der Waals surface area contributed by atoms with Crippen molar-refractivity contribution < 1.29 is 4.79 Å². The number of aromatic amines is 1. The maximum Gasteiger partial charge on any atom is 0.193 e. The van der Waals surface area contributed by atoms with Crippen LogP contribution in [0, 0.1) is 0 Å². The van der Waals surface area contributed by atoms with Crippen LogP contribution < -0.4 is 0 Å². The summed E-state index contributed by atoms with van der Waals surface area (Å²) in [6.45, 7) is 0. The molecule has 0 atom stereocenters. The first-order valence-corrected chi connectivity index (χ1v) is 4.99. The summed E-state index contributed by atoms with van der Waals surface area (Å²) in [6, 6.07) is 7.20. The van der Waals surface area contributed by atoms with Crippen LogP contribution in [-0.4, -0.2) is 16.6 Å². The molecule has 1 aromatic heterocycles. The maximum atomic E-state index is 11.3. The van der Waals surface area contributed by atoms with Gasteiger partial charge in [-0.05, 0) is 18.2 Å². The SMILES string of the molecule is O=C(CCl)c1cc2ccc(Cl)cc2[nH]1. The Labute approximate surface area is 90.8 Å². The van der Waals surface area contributed by atoms with Gasteiger partial charge in [0.2, 0.25) is 0 Å².